The summed E-state index contributed by atoms with van der Waals surface area (Å²) in [6.07, 6.45) is 12.1. The molecule has 4 unspecified atom stereocenters. The predicted molar refractivity (Wildman–Crippen MR) is 94.3 cm³/mol. The van der Waals surface area contributed by atoms with Crippen LogP contribution in [0.15, 0.2) is 11.6 Å². The third-order valence-electron chi connectivity index (χ3n) is 8.57. The quantitative estimate of drug-likeness (QED) is 0.719. The van der Waals surface area contributed by atoms with E-state index >= 15 is 0 Å². The lowest BCUT2D eigenvalue weighted by molar-refractivity contribution is -0.123. The second-order valence-corrected chi connectivity index (χ2v) is 9.38. The maximum absolute atomic E-state index is 11.9. The molecule has 4 rings (SSSR count). The van der Waals surface area contributed by atoms with Gasteiger partial charge in [0.1, 0.15) is 0 Å². The van der Waals surface area contributed by atoms with Crippen molar-refractivity contribution in [3.8, 4) is 0 Å². The van der Waals surface area contributed by atoms with Crippen molar-refractivity contribution in [2.75, 3.05) is 7.05 Å². The highest BCUT2D eigenvalue weighted by atomic mass is 16.1. The van der Waals surface area contributed by atoms with Gasteiger partial charge in [0.05, 0.1) is 0 Å². The van der Waals surface area contributed by atoms with Crippen molar-refractivity contribution in [2.45, 2.75) is 71.3 Å². The molecule has 4 aliphatic rings. The van der Waals surface area contributed by atoms with Gasteiger partial charge < -0.3 is 4.90 Å². The van der Waals surface area contributed by atoms with Crippen LogP contribution in [0, 0.1) is 28.6 Å². The van der Waals surface area contributed by atoms with Crippen molar-refractivity contribution in [2.24, 2.45) is 28.6 Å². The normalized spacial score (nSPS) is 47.3. The summed E-state index contributed by atoms with van der Waals surface area (Å²) in [6.45, 7) is 4.89. The minimum absolute atomic E-state index is 0.257. The number of hydrogen-bond donors (Lipinski definition) is 0. The molecule has 0 aromatic heterocycles. The number of carbonyl (C=O) groups excluding carboxylic acids is 2. The topological polar surface area (TPSA) is 37.4 Å². The molecule has 3 fully saturated rings. The number of ketones is 1. The number of amides is 1. The molecular formula is C21H31NO2. The van der Waals surface area contributed by atoms with Crippen molar-refractivity contribution >= 4 is 12.2 Å². The van der Waals surface area contributed by atoms with Crippen LogP contribution in [0.3, 0.4) is 0 Å². The number of fused-ring (bicyclic) bond motifs is 5. The first-order chi connectivity index (χ1) is 11.4. The minimum Gasteiger partial charge on any atom is -0.345 e. The van der Waals surface area contributed by atoms with E-state index in [4.69, 9.17) is 0 Å². The summed E-state index contributed by atoms with van der Waals surface area (Å²) < 4.78 is 0. The first-order valence-corrected chi connectivity index (χ1v) is 9.81. The third-order valence-corrected chi connectivity index (χ3v) is 8.57. The monoisotopic (exact) mass is 329 g/mol. The lowest BCUT2D eigenvalue weighted by atomic mass is 9.47. The van der Waals surface area contributed by atoms with Crippen LogP contribution in [-0.2, 0) is 9.59 Å². The smallest absolute Gasteiger partial charge is 0.209 e. The molecule has 6 atom stereocenters. The van der Waals surface area contributed by atoms with Gasteiger partial charge in [0.15, 0.2) is 5.78 Å². The van der Waals surface area contributed by atoms with E-state index in [1.165, 1.54) is 31.3 Å². The zero-order chi connectivity index (χ0) is 17.1. The molecule has 0 saturated heterocycles. The van der Waals surface area contributed by atoms with Crippen LogP contribution in [0.25, 0.3) is 0 Å². The van der Waals surface area contributed by atoms with Gasteiger partial charge in [-0.15, -0.1) is 0 Å². The standard InChI is InChI=1S/C21H31NO2/c1-20-10-8-15(24)12-14(20)4-5-16-17-6-7-19(22(3)13-23)21(17,2)11-9-18(16)20/h12-13,16-19H,4-11H2,1-3H3/t16?,17?,18?,19?,20-,21-/m0/s1. The molecule has 0 bridgehead atoms. The molecule has 0 heterocycles. The van der Waals surface area contributed by atoms with Gasteiger partial charge in [0.2, 0.25) is 6.41 Å². The van der Waals surface area contributed by atoms with Gasteiger partial charge >= 0.3 is 0 Å². The molecule has 3 heteroatoms. The molecule has 24 heavy (non-hydrogen) atoms. The predicted octanol–water partition coefficient (Wildman–Crippen LogP) is 3.98. The summed E-state index contributed by atoms with van der Waals surface area (Å²) >= 11 is 0. The molecular weight excluding hydrogens is 298 g/mol. The Kier molecular flexibility index (Phi) is 3.71. The lowest BCUT2D eigenvalue weighted by Gasteiger charge is -2.58. The third kappa shape index (κ3) is 2.09. The van der Waals surface area contributed by atoms with E-state index in [1.54, 1.807) is 0 Å². The van der Waals surface area contributed by atoms with Gasteiger partial charge in [-0.1, -0.05) is 19.4 Å². The van der Waals surface area contributed by atoms with E-state index < -0.39 is 0 Å². The first kappa shape index (κ1) is 16.4. The van der Waals surface area contributed by atoms with Crippen molar-refractivity contribution in [3.05, 3.63) is 11.6 Å². The van der Waals surface area contributed by atoms with Crippen LogP contribution in [0.5, 0.6) is 0 Å². The molecule has 3 saturated carbocycles. The molecule has 4 aliphatic carbocycles. The zero-order valence-corrected chi connectivity index (χ0v) is 15.4. The summed E-state index contributed by atoms with van der Waals surface area (Å²) in [7, 11) is 1.97. The Morgan fingerprint density at radius 2 is 1.88 bits per heavy atom. The molecule has 0 aromatic rings. The number of rotatable bonds is 2. The Hall–Kier alpha value is -1.12. The first-order valence-electron chi connectivity index (χ1n) is 9.81. The van der Waals surface area contributed by atoms with E-state index in [1.807, 2.05) is 18.0 Å². The molecule has 3 nitrogen and oxygen atoms in total. The SMILES string of the molecule is CN(C=O)C1CCC2C3CCC4=CC(=O)CC[C@]4(C)C3CC[C@@]21C. The average Bonchev–Trinajstić information content (AvgIpc) is 2.92. The number of hydrogen-bond acceptors (Lipinski definition) is 2. The van der Waals surface area contributed by atoms with Crippen molar-refractivity contribution in [1.82, 2.24) is 4.90 Å². The summed E-state index contributed by atoms with van der Waals surface area (Å²) in [5, 5.41) is 0. The molecule has 1 amide bonds. The van der Waals surface area contributed by atoms with Crippen LogP contribution < -0.4 is 0 Å². The largest absolute Gasteiger partial charge is 0.345 e. The number of nitrogens with zero attached hydrogens (tertiary/aromatic N) is 1. The molecule has 0 aliphatic heterocycles. The van der Waals surface area contributed by atoms with Crippen molar-refractivity contribution in [1.29, 1.82) is 0 Å². The Morgan fingerprint density at radius 1 is 1.08 bits per heavy atom. The van der Waals surface area contributed by atoms with Crippen LogP contribution in [0.1, 0.15) is 65.2 Å². The zero-order valence-electron chi connectivity index (χ0n) is 15.4. The number of carbonyl (C=O) groups is 2. The molecule has 0 N–H and O–H groups in total. The fourth-order valence-corrected chi connectivity index (χ4v) is 7.27. The second kappa shape index (κ2) is 5.44. The van der Waals surface area contributed by atoms with Gasteiger partial charge in [-0.2, -0.15) is 0 Å². The number of allylic oxidation sites excluding steroid dienone is 1. The van der Waals surface area contributed by atoms with E-state index in [0.29, 0.717) is 17.2 Å². The molecule has 0 spiro atoms. The summed E-state index contributed by atoms with van der Waals surface area (Å²) in [5.74, 6) is 2.61. The van der Waals surface area contributed by atoms with Crippen LogP contribution in [0.2, 0.25) is 0 Å². The van der Waals surface area contributed by atoms with Crippen LogP contribution >= 0.6 is 0 Å². The average molecular weight is 329 g/mol. The van der Waals surface area contributed by atoms with Crippen molar-refractivity contribution in [3.63, 3.8) is 0 Å². The van der Waals surface area contributed by atoms with Crippen molar-refractivity contribution < 1.29 is 9.59 Å². The fraction of sp³-hybridized carbons (Fsp3) is 0.810. The van der Waals surface area contributed by atoms with Gasteiger partial charge in [0.25, 0.3) is 0 Å². The maximum Gasteiger partial charge on any atom is 0.209 e. The summed E-state index contributed by atoms with van der Waals surface area (Å²) in [5.41, 5.74) is 1.99. The Morgan fingerprint density at radius 3 is 2.62 bits per heavy atom. The van der Waals surface area contributed by atoms with Gasteiger partial charge in [-0.3, -0.25) is 9.59 Å². The summed E-state index contributed by atoms with van der Waals surface area (Å²) in [6, 6.07) is 0.415. The highest BCUT2D eigenvalue weighted by Gasteiger charge is 2.59. The minimum atomic E-state index is 0.257. The van der Waals surface area contributed by atoms with Crippen LogP contribution in [-0.4, -0.2) is 30.2 Å². The van der Waals surface area contributed by atoms with E-state index in [2.05, 4.69) is 13.8 Å². The highest BCUT2D eigenvalue weighted by molar-refractivity contribution is 5.91. The Bertz CT molecular complexity index is 597. The Labute approximate surface area is 145 Å². The van der Waals surface area contributed by atoms with E-state index in [9.17, 15) is 9.59 Å². The highest BCUT2D eigenvalue weighted by Crippen LogP contribution is 2.65. The van der Waals surface area contributed by atoms with Gasteiger partial charge in [-0.25, -0.2) is 0 Å². The Balaban J connectivity index is 1.65. The molecule has 0 radical (unpaired) electrons. The van der Waals surface area contributed by atoms with E-state index in [0.717, 1.165) is 49.8 Å². The molecule has 132 valence electrons. The maximum atomic E-state index is 11.9. The fourth-order valence-electron chi connectivity index (χ4n) is 7.27. The van der Waals surface area contributed by atoms with Gasteiger partial charge in [-0.05, 0) is 79.6 Å². The van der Waals surface area contributed by atoms with Crippen LogP contribution in [0.4, 0.5) is 0 Å². The lowest BCUT2D eigenvalue weighted by Crippen LogP contribution is -2.53. The summed E-state index contributed by atoms with van der Waals surface area (Å²) in [4.78, 5) is 25.2. The van der Waals surface area contributed by atoms with Gasteiger partial charge in [0, 0.05) is 19.5 Å². The molecule has 0 aromatic carbocycles. The second-order valence-electron chi connectivity index (χ2n) is 9.38. The van der Waals surface area contributed by atoms with E-state index in [-0.39, 0.29) is 5.41 Å².